The van der Waals surface area contributed by atoms with Crippen molar-refractivity contribution in [1.29, 1.82) is 0 Å². The molecule has 0 radical (unpaired) electrons. The number of anilines is 1. The molecule has 1 amide bonds. The molecule has 0 aromatic carbocycles. The Morgan fingerprint density at radius 1 is 1.31 bits per heavy atom. The van der Waals surface area contributed by atoms with E-state index < -0.39 is 0 Å². The second-order valence-electron chi connectivity index (χ2n) is 4.76. The van der Waals surface area contributed by atoms with Crippen LogP contribution in [0.25, 0.3) is 0 Å². The topological polar surface area (TPSA) is 42.0 Å². The number of halogens is 1. The van der Waals surface area contributed by atoms with E-state index in [0.29, 0.717) is 5.82 Å². The van der Waals surface area contributed by atoms with Crippen molar-refractivity contribution in [3.63, 3.8) is 0 Å². The number of nitrogens with one attached hydrogen (secondary N) is 1. The molecule has 2 unspecified atom stereocenters. The van der Waals surface area contributed by atoms with Crippen LogP contribution >= 0.6 is 15.9 Å². The number of amides is 1. The Bertz CT molecular complexity index is 425. The van der Waals surface area contributed by atoms with Gasteiger partial charge in [-0.2, -0.15) is 0 Å². The lowest BCUT2D eigenvalue weighted by Crippen LogP contribution is -2.22. The summed E-state index contributed by atoms with van der Waals surface area (Å²) in [5, 5.41) is 2.89. The summed E-state index contributed by atoms with van der Waals surface area (Å²) in [6.45, 7) is 0. The highest BCUT2D eigenvalue weighted by atomic mass is 79.9. The minimum atomic E-state index is 0.137. The SMILES string of the molecule is O=C(Nc1cccc(Br)n1)C1CC2CC2C1. The molecule has 4 heteroatoms. The van der Waals surface area contributed by atoms with Gasteiger partial charge in [0.2, 0.25) is 5.91 Å². The van der Waals surface area contributed by atoms with Crippen molar-refractivity contribution in [2.45, 2.75) is 19.3 Å². The molecule has 0 aliphatic heterocycles. The first-order valence-electron chi connectivity index (χ1n) is 5.66. The zero-order chi connectivity index (χ0) is 11.1. The number of carbonyl (C=O) groups excluding carboxylic acids is 1. The van der Waals surface area contributed by atoms with Gasteiger partial charge in [-0.1, -0.05) is 6.07 Å². The highest BCUT2D eigenvalue weighted by Gasteiger charge is 2.47. The van der Waals surface area contributed by atoms with Crippen LogP contribution in [0.3, 0.4) is 0 Å². The summed E-state index contributed by atoms with van der Waals surface area (Å²) in [5.74, 6) is 2.67. The highest BCUT2D eigenvalue weighted by Crippen LogP contribution is 2.54. The van der Waals surface area contributed by atoms with Crippen LogP contribution in [0.5, 0.6) is 0 Å². The van der Waals surface area contributed by atoms with Gasteiger partial charge in [0.1, 0.15) is 10.4 Å². The fourth-order valence-corrected chi connectivity index (χ4v) is 2.98. The Labute approximate surface area is 103 Å². The molecule has 2 saturated carbocycles. The summed E-state index contributed by atoms with van der Waals surface area (Å²) < 4.78 is 0.750. The van der Waals surface area contributed by atoms with Crippen LogP contribution in [0.1, 0.15) is 19.3 Å². The monoisotopic (exact) mass is 280 g/mol. The van der Waals surface area contributed by atoms with E-state index in [1.807, 2.05) is 18.2 Å². The molecule has 3 nitrogen and oxygen atoms in total. The lowest BCUT2D eigenvalue weighted by Gasteiger charge is -2.11. The molecule has 1 heterocycles. The van der Waals surface area contributed by atoms with Gasteiger partial charge in [-0.3, -0.25) is 4.79 Å². The summed E-state index contributed by atoms with van der Waals surface area (Å²) in [5.41, 5.74) is 0. The molecular weight excluding hydrogens is 268 g/mol. The fraction of sp³-hybridized carbons (Fsp3) is 0.500. The zero-order valence-corrected chi connectivity index (χ0v) is 10.4. The lowest BCUT2D eigenvalue weighted by molar-refractivity contribution is -0.120. The zero-order valence-electron chi connectivity index (χ0n) is 8.82. The molecule has 16 heavy (non-hydrogen) atoms. The highest BCUT2D eigenvalue weighted by molar-refractivity contribution is 9.10. The molecule has 2 aliphatic rings. The smallest absolute Gasteiger partial charge is 0.228 e. The van der Waals surface area contributed by atoms with E-state index in [2.05, 4.69) is 26.2 Å². The van der Waals surface area contributed by atoms with E-state index in [1.165, 1.54) is 6.42 Å². The van der Waals surface area contributed by atoms with Crippen LogP contribution in [0, 0.1) is 17.8 Å². The van der Waals surface area contributed by atoms with Crippen LogP contribution in [0.2, 0.25) is 0 Å². The predicted octanol–water partition coefficient (Wildman–Crippen LogP) is 2.83. The average molecular weight is 281 g/mol. The van der Waals surface area contributed by atoms with E-state index >= 15 is 0 Å². The van der Waals surface area contributed by atoms with Crippen molar-refractivity contribution in [3.05, 3.63) is 22.8 Å². The van der Waals surface area contributed by atoms with E-state index in [-0.39, 0.29) is 11.8 Å². The van der Waals surface area contributed by atoms with Gasteiger partial charge in [0.25, 0.3) is 0 Å². The molecule has 84 valence electrons. The standard InChI is InChI=1S/C12H13BrN2O/c13-10-2-1-3-11(14-10)15-12(16)9-5-7-4-8(7)6-9/h1-3,7-9H,4-6H2,(H,14,15,16). The minimum Gasteiger partial charge on any atom is -0.310 e. The second-order valence-corrected chi connectivity index (χ2v) is 5.57. The molecular formula is C12H13BrN2O. The maximum absolute atomic E-state index is 11.9. The molecule has 3 rings (SSSR count). The van der Waals surface area contributed by atoms with E-state index in [1.54, 1.807) is 0 Å². The number of rotatable bonds is 2. The number of hydrogen-bond acceptors (Lipinski definition) is 2. The Hall–Kier alpha value is -0.900. The van der Waals surface area contributed by atoms with Crippen LogP contribution < -0.4 is 5.32 Å². The minimum absolute atomic E-state index is 0.137. The molecule has 0 bridgehead atoms. The Morgan fingerprint density at radius 3 is 2.75 bits per heavy atom. The van der Waals surface area contributed by atoms with E-state index in [0.717, 1.165) is 29.3 Å². The van der Waals surface area contributed by atoms with Crippen molar-refractivity contribution in [1.82, 2.24) is 4.98 Å². The third-order valence-electron chi connectivity index (χ3n) is 3.58. The quantitative estimate of drug-likeness (QED) is 0.847. The van der Waals surface area contributed by atoms with Gasteiger partial charge in [-0.25, -0.2) is 4.98 Å². The second kappa shape index (κ2) is 3.84. The van der Waals surface area contributed by atoms with Crippen molar-refractivity contribution < 1.29 is 4.79 Å². The molecule has 1 N–H and O–H groups in total. The van der Waals surface area contributed by atoms with Gasteiger partial charge in [-0.15, -0.1) is 0 Å². The first kappa shape index (κ1) is 10.3. The largest absolute Gasteiger partial charge is 0.310 e. The average Bonchev–Trinajstić information content (AvgIpc) is 2.86. The fourth-order valence-electron chi connectivity index (χ4n) is 2.64. The number of pyridine rings is 1. The van der Waals surface area contributed by atoms with Gasteiger partial charge in [0.15, 0.2) is 0 Å². The van der Waals surface area contributed by atoms with Crippen molar-refractivity contribution in [2.24, 2.45) is 17.8 Å². The van der Waals surface area contributed by atoms with Crippen molar-refractivity contribution >= 4 is 27.7 Å². The first-order chi connectivity index (χ1) is 7.72. The van der Waals surface area contributed by atoms with Gasteiger partial charge in [0.05, 0.1) is 0 Å². The molecule has 1 aromatic heterocycles. The van der Waals surface area contributed by atoms with Crippen molar-refractivity contribution in [2.75, 3.05) is 5.32 Å². The van der Waals surface area contributed by atoms with E-state index in [4.69, 9.17) is 0 Å². The van der Waals surface area contributed by atoms with Gasteiger partial charge >= 0.3 is 0 Å². The number of fused-ring (bicyclic) bond motifs is 1. The predicted molar refractivity (Wildman–Crippen MR) is 64.9 cm³/mol. The van der Waals surface area contributed by atoms with Crippen LogP contribution in [0.15, 0.2) is 22.8 Å². The third kappa shape index (κ3) is 1.98. The van der Waals surface area contributed by atoms with E-state index in [9.17, 15) is 4.79 Å². The summed E-state index contributed by atoms with van der Waals surface area (Å²) in [6, 6.07) is 5.54. The number of carbonyl (C=O) groups is 1. The van der Waals surface area contributed by atoms with Gasteiger partial charge in [-0.05, 0) is 59.2 Å². The van der Waals surface area contributed by atoms with Crippen LogP contribution in [0.4, 0.5) is 5.82 Å². The summed E-state index contributed by atoms with van der Waals surface area (Å²) in [4.78, 5) is 16.1. The summed E-state index contributed by atoms with van der Waals surface area (Å²) in [7, 11) is 0. The number of hydrogen-bond donors (Lipinski definition) is 1. The molecule has 0 spiro atoms. The first-order valence-corrected chi connectivity index (χ1v) is 6.45. The third-order valence-corrected chi connectivity index (χ3v) is 4.02. The number of nitrogens with zero attached hydrogens (tertiary/aromatic N) is 1. The Morgan fingerprint density at radius 2 is 2.06 bits per heavy atom. The normalized spacial score (nSPS) is 30.9. The molecule has 1 aromatic rings. The maximum atomic E-state index is 11.9. The molecule has 2 atom stereocenters. The van der Waals surface area contributed by atoms with Crippen LogP contribution in [-0.4, -0.2) is 10.9 Å². The van der Waals surface area contributed by atoms with Gasteiger partial charge < -0.3 is 5.32 Å². The van der Waals surface area contributed by atoms with Crippen molar-refractivity contribution in [3.8, 4) is 0 Å². The maximum Gasteiger partial charge on any atom is 0.228 e. The Kier molecular flexibility index (Phi) is 2.46. The Balaban J connectivity index is 1.64. The molecule has 0 saturated heterocycles. The summed E-state index contributed by atoms with van der Waals surface area (Å²) in [6.07, 6.45) is 3.49. The summed E-state index contributed by atoms with van der Waals surface area (Å²) >= 11 is 3.29. The number of aromatic nitrogens is 1. The molecule has 2 aliphatic carbocycles. The van der Waals surface area contributed by atoms with Gasteiger partial charge in [0, 0.05) is 5.92 Å². The van der Waals surface area contributed by atoms with Crippen LogP contribution in [-0.2, 0) is 4.79 Å². The molecule has 2 fully saturated rings. The lowest BCUT2D eigenvalue weighted by atomic mass is 10.0.